The summed E-state index contributed by atoms with van der Waals surface area (Å²) in [7, 11) is 0. The van der Waals surface area contributed by atoms with Crippen molar-refractivity contribution in [1.29, 1.82) is 0 Å². The average Bonchev–Trinajstić information content (AvgIpc) is 2.20. The summed E-state index contributed by atoms with van der Waals surface area (Å²) in [5.41, 5.74) is 1.25. The monoisotopic (exact) mass is 257 g/mol. The second kappa shape index (κ2) is 2.91. The Balaban J connectivity index is 2.64. The van der Waals surface area contributed by atoms with Gasteiger partial charge in [-0.25, -0.2) is 0 Å². The van der Waals surface area contributed by atoms with Crippen LogP contribution in [0.5, 0.6) is 0 Å². The number of rotatable bonds is 0. The summed E-state index contributed by atoms with van der Waals surface area (Å²) in [5.74, 6) is 0. The Hall–Kier alpha value is 0.340. The van der Waals surface area contributed by atoms with Crippen molar-refractivity contribution in [3.8, 4) is 0 Å². The fraction of sp³-hybridized carbons (Fsp3) is 0.250. The van der Waals surface area contributed by atoms with E-state index in [-0.39, 0.29) is 0 Å². The number of hydrogen-bond acceptors (Lipinski definition) is 1. The van der Waals surface area contributed by atoms with Gasteiger partial charge >= 0.3 is 4.52 Å². The highest BCUT2D eigenvalue weighted by Crippen LogP contribution is 2.53. The molecule has 1 atom stereocenters. The Morgan fingerprint density at radius 1 is 1.08 bits per heavy atom. The van der Waals surface area contributed by atoms with Gasteiger partial charge in [-0.3, -0.25) is 4.74 Å². The largest absolute Gasteiger partial charge is 0.398 e. The molecule has 1 nitrogen and oxygen atoms in total. The van der Waals surface area contributed by atoms with E-state index in [2.05, 4.69) is 0 Å². The van der Waals surface area contributed by atoms with Crippen molar-refractivity contribution in [2.24, 2.45) is 0 Å². The quantitative estimate of drug-likeness (QED) is 0.651. The molecule has 0 bridgehead atoms. The zero-order chi connectivity index (χ0) is 9.69. The summed E-state index contributed by atoms with van der Waals surface area (Å²) in [5, 5.41) is 0. The predicted molar refractivity (Wildman–Crippen MR) is 49.8 cm³/mol. The van der Waals surface area contributed by atoms with Crippen LogP contribution >= 0.6 is 34.8 Å². The molecule has 2 rings (SSSR count). The summed E-state index contributed by atoms with van der Waals surface area (Å²) in [6.45, 7) is 0. The van der Waals surface area contributed by atoms with Crippen molar-refractivity contribution in [2.45, 2.75) is 9.04 Å². The van der Waals surface area contributed by atoms with Crippen molar-refractivity contribution in [3.63, 3.8) is 0 Å². The van der Waals surface area contributed by atoms with E-state index < -0.39 is 9.04 Å². The van der Waals surface area contributed by atoms with Crippen LogP contribution in [0.2, 0.25) is 0 Å². The second-order valence-electron chi connectivity index (χ2n) is 2.70. The molecule has 1 aliphatic rings. The highest BCUT2D eigenvalue weighted by Gasteiger charge is 2.56. The molecule has 0 aromatic heterocycles. The van der Waals surface area contributed by atoms with Crippen LogP contribution in [0.25, 0.3) is 0 Å². The first-order valence-electron chi connectivity index (χ1n) is 3.51. The maximum absolute atomic E-state index is 5.91. The number of halogens is 4. The zero-order valence-electron chi connectivity index (χ0n) is 6.26. The molecule has 0 N–H and O–H groups in total. The molecule has 0 fully saturated rings. The van der Waals surface area contributed by atoms with Crippen molar-refractivity contribution < 1.29 is 16.3 Å². The summed E-state index contributed by atoms with van der Waals surface area (Å²) >= 11 is 22.6. The van der Waals surface area contributed by atoms with Gasteiger partial charge in [-0.15, -0.1) is 0 Å². The van der Waals surface area contributed by atoms with Gasteiger partial charge in [0.05, 0.1) is 5.56 Å². The molecule has 0 amide bonds. The van der Waals surface area contributed by atoms with E-state index in [4.69, 9.17) is 51.1 Å². The van der Waals surface area contributed by atoms with Gasteiger partial charge in [0.1, 0.15) is 0 Å². The van der Waals surface area contributed by atoms with E-state index in [1.807, 2.05) is 0 Å². The van der Waals surface area contributed by atoms with E-state index in [0.717, 1.165) is 0 Å². The molecule has 0 spiro atoms. The summed E-state index contributed by atoms with van der Waals surface area (Å²) in [4.78, 5) is 0. The van der Waals surface area contributed by atoms with Gasteiger partial charge in [-0.1, -0.05) is 41.4 Å². The van der Waals surface area contributed by atoms with Crippen LogP contribution in [-0.4, -0.2) is 0 Å². The average molecular weight is 259 g/mol. The molecule has 13 heavy (non-hydrogen) atoms. The van der Waals surface area contributed by atoms with Gasteiger partial charge in [0, 0.05) is 5.56 Å². The van der Waals surface area contributed by atoms with E-state index in [1.165, 1.54) is 0 Å². The van der Waals surface area contributed by atoms with Crippen LogP contribution in [0.3, 0.4) is 0 Å². The van der Waals surface area contributed by atoms with Crippen LogP contribution in [0.4, 0.5) is 0 Å². The van der Waals surface area contributed by atoms with Crippen LogP contribution in [0.15, 0.2) is 24.3 Å². The lowest BCUT2D eigenvalue weighted by Crippen LogP contribution is -2.17. The first kappa shape index (κ1) is 9.88. The lowest BCUT2D eigenvalue weighted by Gasteiger charge is -2.11. The number of ether oxygens (including phenoxy) is 1. The molecular formula is C8H5Cl4O+. The van der Waals surface area contributed by atoms with Gasteiger partial charge in [0.15, 0.2) is 11.6 Å². The first-order valence-corrected chi connectivity index (χ1v) is 5.05. The molecule has 1 aromatic rings. The SMILES string of the molecule is ClC1(Cl)OC(Cl)([ClH+])c2ccccc21. The van der Waals surface area contributed by atoms with E-state index in [9.17, 15) is 0 Å². The normalized spacial score (nSPS) is 30.2. The Bertz CT molecular complexity index is 315. The number of hydrogen-bond donors (Lipinski definition) is 0. The molecule has 1 aliphatic heterocycles. The Morgan fingerprint density at radius 3 is 2.15 bits per heavy atom. The minimum atomic E-state index is -1.43. The third kappa shape index (κ3) is 1.53. The first-order chi connectivity index (χ1) is 5.93. The molecular weight excluding hydrogens is 254 g/mol. The van der Waals surface area contributed by atoms with Crippen LogP contribution < -0.4 is 0 Å². The molecule has 0 aliphatic carbocycles. The number of fused-ring (bicyclic) bond motifs is 1. The van der Waals surface area contributed by atoms with Gasteiger partial charge in [-0.2, -0.15) is 0 Å². The topological polar surface area (TPSA) is 9.23 Å². The van der Waals surface area contributed by atoms with Gasteiger partial charge in [0.25, 0.3) is 4.52 Å². The lowest BCUT2D eigenvalue weighted by molar-refractivity contribution is -0.528. The molecule has 1 unspecified atom stereocenters. The number of benzene rings is 1. The van der Waals surface area contributed by atoms with Gasteiger partial charge < -0.3 is 0 Å². The van der Waals surface area contributed by atoms with E-state index >= 15 is 0 Å². The summed E-state index contributed by atoms with van der Waals surface area (Å²) in [6.07, 6.45) is 0. The highest BCUT2D eigenvalue weighted by molar-refractivity contribution is 6.47. The third-order valence-corrected chi connectivity index (χ3v) is 2.97. The predicted octanol–water partition coefficient (Wildman–Crippen LogP) is 2.94. The minimum Gasteiger partial charge on any atom is -0.265 e. The Kier molecular flexibility index (Phi) is 2.21. The van der Waals surface area contributed by atoms with Crippen LogP contribution in [0, 0.1) is 11.6 Å². The summed E-state index contributed by atoms with van der Waals surface area (Å²) in [6, 6.07) is 7.10. The van der Waals surface area contributed by atoms with Crippen LogP contribution in [-0.2, 0) is 13.8 Å². The highest BCUT2D eigenvalue weighted by atomic mass is 35.5. The van der Waals surface area contributed by atoms with E-state index in [1.54, 1.807) is 24.3 Å². The second-order valence-corrected chi connectivity index (χ2v) is 5.29. The van der Waals surface area contributed by atoms with Gasteiger partial charge in [0.2, 0.25) is 0 Å². The smallest absolute Gasteiger partial charge is 0.265 e. The van der Waals surface area contributed by atoms with E-state index in [0.29, 0.717) is 11.1 Å². The molecule has 5 heteroatoms. The van der Waals surface area contributed by atoms with Crippen molar-refractivity contribution >= 4 is 34.8 Å². The molecule has 0 saturated heterocycles. The van der Waals surface area contributed by atoms with Crippen LogP contribution in [0.1, 0.15) is 11.1 Å². The third-order valence-electron chi connectivity index (χ3n) is 1.82. The lowest BCUT2D eigenvalue weighted by atomic mass is 10.1. The molecule has 0 radical (unpaired) electrons. The maximum Gasteiger partial charge on any atom is 0.398 e. The van der Waals surface area contributed by atoms with Crippen molar-refractivity contribution in [1.82, 2.24) is 0 Å². The maximum atomic E-state index is 5.91. The Labute approximate surface area is 95.5 Å². The number of alkyl halides is 4. The summed E-state index contributed by atoms with van der Waals surface area (Å²) < 4.78 is 2.34. The van der Waals surface area contributed by atoms with Crippen molar-refractivity contribution in [3.05, 3.63) is 35.4 Å². The fourth-order valence-corrected chi connectivity index (χ4v) is 2.59. The van der Waals surface area contributed by atoms with Crippen molar-refractivity contribution in [2.75, 3.05) is 0 Å². The standard InChI is InChI=1S/C8H5Cl4O/c9-7(10)5-3-1-2-4-6(5)8(11,12)13-7/h1-4,9H/q+1. The molecule has 1 aromatic carbocycles. The fourth-order valence-electron chi connectivity index (χ4n) is 1.27. The minimum absolute atomic E-state index is 0.614. The molecule has 0 saturated carbocycles. The Morgan fingerprint density at radius 2 is 1.62 bits per heavy atom. The zero-order valence-corrected chi connectivity index (χ0v) is 9.34. The molecule has 70 valence electrons. The van der Waals surface area contributed by atoms with Gasteiger partial charge in [-0.05, 0) is 17.7 Å². The molecule has 1 heterocycles.